The summed E-state index contributed by atoms with van der Waals surface area (Å²) >= 11 is 0. The van der Waals surface area contributed by atoms with Gasteiger partial charge >= 0.3 is 5.97 Å². The maximum absolute atomic E-state index is 10.8. The van der Waals surface area contributed by atoms with Crippen molar-refractivity contribution in [2.75, 3.05) is 0 Å². The maximum Gasteiger partial charge on any atom is 0.307 e. The molecule has 0 aliphatic carbocycles. The molecule has 0 fully saturated rings. The quantitative estimate of drug-likeness (QED) is 0.857. The molecule has 2 rings (SSSR count). The molecule has 0 saturated carbocycles. The lowest BCUT2D eigenvalue weighted by atomic mass is 10.1. The Labute approximate surface area is 105 Å². The zero-order valence-electron chi connectivity index (χ0n) is 10.5. The van der Waals surface area contributed by atoms with E-state index < -0.39 is 5.97 Å². The number of aromatic nitrogens is 4. The number of carboxylic acid groups (broad SMARTS) is 1. The van der Waals surface area contributed by atoms with E-state index in [1.165, 1.54) is 0 Å². The lowest BCUT2D eigenvalue weighted by Crippen LogP contribution is -2.09. The van der Waals surface area contributed by atoms with Crippen molar-refractivity contribution in [1.82, 2.24) is 19.3 Å². The normalized spacial score (nSPS) is 10.8. The van der Waals surface area contributed by atoms with Gasteiger partial charge in [-0.25, -0.2) is 4.98 Å². The molecule has 2 heterocycles. The van der Waals surface area contributed by atoms with Crippen LogP contribution >= 0.6 is 0 Å². The summed E-state index contributed by atoms with van der Waals surface area (Å²) in [6, 6.07) is 0. The molecule has 6 heteroatoms. The predicted molar refractivity (Wildman–Crippen MR) is 65.3 cm³/mol. The number of carboxylic acids is 1. The molecule has 18 heavy (non-hydrogen) atoms. The Balaban J connectivity index is 2.11. The predicted octanol–water partition coefficient (Wildman–Crippen LogP) is 1.02. The van der Waals surface area contributed by atoms with Gasteiger partial charge in [0.1, 0.15) is 0 Å². The first-order valence-electron chi connectivity index (χ1n) is 5.78. The van der Waals surface area contributed by atoms with E-state index in [0.717, 1.165) is 23.5 Å². The molecule has 0 aromatic carbocycles. The van der Waals surface area contributed by atoms with Crippen LogP contribution in [-0.2, 0) is 24.3 Å². The van der Waals surface area contributed by atoms with Gasteiger partial charge in [0.05, 0.1) is 25.0 Å². The Bertz CT molecular complexity index is 543. The monoisotopic (exact) mass is 248 g/mol. The van der Waals surface area contributed by atoms with Gasteiger partial charge in [0.15, 0.2) is 0 Å². The fourth-order valence-corrected chi connectivity index (χ4v) is 1.99. The van der Waals surface area contributed by atoms with E-state index >= 15 is 0 Å². The summed E-state index contributed by atoms with van der Waals surface area (Å²) in [5, 5.41) is 13.2. The van der Waals surface area contributed by atoms with Crippen molar-refractivity contribution in [1.29, 1.82) is 0 Å². The average molecular weight is 248 g/mol. The molecule has 0 amide bonds. The summed E-state index contributed by atoms with van der Waals surface area (Å²) in [5.41, 5.74) is 2.53. The molecule has 1 N–H and O–H groups in total. The van der Waals surface area contributed by atoms with Crippen LogP contribution in [0.5, 0.6) is 0 Å². The van der Waals surface area contributed by atoms with E-state index in [0.29, 0.717) is 6.54 Å². The molecule has 0 radical (unpaired) electrons. The lowest BCUT2D eigenvalue weighted by Gasteiger charge is -2.05. The summed E-state index contributed by atoms with van der Waals surface area (Å²) in [7, 11) is 0. The third-order valence-corrected chi connectivity index (χ3v) is 2.99. The SMILES string of the molecule is Cc1nn(CCn2ccnc2)c(C)c1CC(=O)O. The van der Waals surface area contributed by atoms with E-state index in [-0.39, 0.29) is 6.42 Å². The molecule has 0 unspecified atom stereocenters. The highest BCUT2D eigenvalue weighted by molar-refractivity contribution is 5.70. The average Bonchev–Trinajstić information content (AvgIpc) is 2.90. The molecule has 0 saturated heterocycles. The van der Waals surface area contributed by atoms with E-state index in [4.69, 9.17) is 5.11 Å². The van der Waals surface area contributed by atoms with Gasteiger partial charge in [-0.05, 0) is 13.8 Å². The summed E-state index contributed by atoms with van der Waals surface area (Å²) in [5.74, 6) is -0.824. The number of hydrogen-bond acceptors (Lipinski definition) is 3. The molecule has 0 atom stereocenters. The molecular weight excluding hydrogens is 232 g/mol. The van der Waals surface area contributed by atoms with Gasteiger partial charge in [-0.15, -0.1) is 0 Å². The lowest BCUT2D eigenvalue weighted by molar-refractivity contribution is -0.136. The second-order valence-corrected chi connectivity index (χ2v) is 4.24. The first-order chi connectivity index (χ1) is 8.58. The van der Waals surface area contributed by atoms with Crippen LogP contribution in [0, 0.1) is 13.8 Å². The minimum atomic E-state index is -0.824. The molecule has 2 aromatic heterocycles. The highest BCUT2D eigenvalue weighted by Gasteiger charge is 2.13. The zero-order valence-corrected chi connectivity index (χ0v) is 10.5. The molecule has 0 spiro atoms. The first kappa shape index (κ1) is 12.3. The van der Waals surface area contributed by atoms with Gasteiger partial charge in [0, 0.05) is 30.2 Å². The largest absolute Gasteiger partial charge is 0.481 e. The van der Waals surface area contributed by atoms with Crippen LogP contribution in [0.3, 0.4) is 0 Å². The van der Waals surface area contributed by atoms with E-state index in [2.05, 4.69) is 10.1 Å². The molecule has 6 nitrogen and oxygen atoms in total. The Morgan fingerprint density at radius 3 is 2.78 bits per heavy atom. The van der Waals surface area contributed by atoms with Crippen molar-refractivity contribution in [3.63, 3.8) is 0 Å². The second kappa shape index (κ2) is 5.03. The van der Waals surface area contributed by atoms with Crippen LogP contribution in [0.1, 0.15) is 17.0 Å². The Morgan fingerprint density at radius 2 is 2.17 bits per heavy atom. The minimum absolute atomic E-state index is 0.0305. The van der Waals surface area contributed by atoms with Gasteiger partial charge in [-0.1, -0.05) is 0 Å². The molecule has 0 bridgehead atoms. The van der Waals surface area contributed by atoms with E-state index in [1.807, 2.05) is 29.3 Å². The zero-order chi connectivity index (χ0) is 13.1. The Hall–Kier alpha value is -2.11. The molecule has 2 aromatic rings. The van der Waals surface area contributed by atoms with Crippen molar-refractivity contribution in [2.24, 2.45) is 0 Å². The van der Waals surface area contributed by atoms with Gasteiger partial charge < -0.3 is 9.67 Å². The number of hydrogen-bond donors (Lipinski definition) is 1. The van der Waals surface area contributed by atoms with E-state index in [9.17, 15) is 4.79 Å². The smallest absolute Gasteiger partial charge is 0.307 e. The third-order valence-electron chi connectivity index (χ3n) is 2.99. The summed E-state index contributed by atoms with van der Waals surface area (Å²) in [4.78, 5) is 14.8. The van der Waals surface area contributed by atoms with Crippen LogP contribution in [-0.4, -0.2) is 30.4 Å². The van der Waals surface area contributed by atoms with E-state index in [1.54, 1.807) is 12.5 Å². The van der Waals surface area contributed by atoms with Crippen molar-refractivity contribution >= 4 is 5.97 Å². The summed E-state index contributed by atoms with van der Waals surface area (Å²) in [6.07, 6.45) is 5.41. The van der Waals surface area contributed by atoms with Crippen LogP contribution in [0.2, 0.25) is 0 Å². The van der Waals surface area contributed by atoms with Gasteiger partial charge in [-0.3, -0.25) is 9.48 Å². The number of carbonyl (C=O) groups is 1. The van der Waals surface area contributed by atoms with Crippen molar-refractivity contribution in [3.8, 4) is 0 Å². The van der Waals surface area contributed by atoms with Gasteiger partial charge in [0.2, 0.25) is 0 Å². The van der Waals surface area contributed by atoms with Crippen LogP contribution < -0.4 is 0 Å². The Kier molecular flexibility index (Phi) is 3.45. The van der Waals surface area contributed by atoms with Crippen LogP contribution in [0.4, 0.5) is 0 Å². The highest BCUT2D eigenvalue weighted by atomic mass is 16.4. The highest BCUT2D eigenvalue weighted by Crippen LogP contribution is 2.13. The van der Waals surface area contributed by atoms with Crippen molar-refractivity contribution in [2.45, 2.75) is 33.4 Å². The molecular formula is C12H16N4O2. The number of nitrogens with zero attached hydrogens (tertiary/aromatic N) is 4. The van der Waals surface area contributed by atoms with Crippen LogP contribution in [0.15, 0.2) is 18.7 Å². The standard InChI is InChI=1S/C12H16N4O2/c1-9-11(7-12(17)18)10(2)16(14-9)6-5-15-4-3-13-8-15/h3-4,8H,5-7H2,1-2H3,(H,17,18). The maximum atomic E-state index is 10.8. The summed E-state index contributed by atoms with van der Waals surface area (Å²) < 4.78 is 3.82. The second-order valence-electron chi connectivity index (χ2n) is 4.24. The fourth-order valence-electron chi connectivity index (χ4n) is 1.99. The minimum Gasteiger partial charge on any atom is -0.481 e. The number of aliphatic carboxylic acids is 1. The number of rotatable bonds is 5. The first-order valence-corrected chi connectivity index (χ1v) is 5.78. The van der Waals surface area contributed by atoms with Crippen molar-refractivity contribution < 1.29 is 9.90 Å². The molecule has 0 aliphatic rings. The third kappa shape index (κ3) is 2.58. The molecule has 96 valence electrons. The van der Waals surface area contributed by atoms with Gasteiger partial charge in [0.25, 0.3) is 0 Å². The topological polar surface area (TPSA) is 72.9 Å². The van der Waals surface area contributed by atoms with Crippen molar-refractivity contribution in [3.05, 3.63) is 35.7 Å². The van der Waals surface area contributed by atoms with Gasteiger partial charge in [-0.2, -0.15) is 5.10 Å². The molecule has 0 aliphatic heterocycles. The number of imidazole rings is 1. The number of aryl methyl sites for hydroxylation is 3. The van der Waals surface area contributed by atoms with Crippen LogP contribution in [0.25, 0.3) is 0 Å². The fraction of sp³-hybridized carbons (Fsp3) is 0.417. The Morgan fingerprint density at radius 1 is 1.39 bits per heavy atom. The summed E-state index contributed by atoms with van der Waals surface area (Å²) in [6.45, 7) is 5.24.